The van der Waals surface area contributed by atoms with Crippen LogP contribution in [0.3, 0.4) is 0 Å². The van der Waals surface area contributed by atoms with Crippen LogP contribution in [0.5, 0.6) is 11.5 Å². The minimum atomic E-state index is -4.39. The summed E-state index contributed by atoms with van der Waals surface area (Å²) in [5.74, 6) is 1.36. The Morgan fingerprint density at radius 1 is 1.07 bits per heavy atom. The molecule has 0 spiro atoms. The smallest absolute Gasteiger partial charge is 0.416 e. The zero-order valence-electron chi connectivity index (χ0n) is 14.7. The molecule has 0 saturated carbocycles. The predicted molar refractivity (Wildman–Crippen MR) is 96.7 cm³/mol. The number of ether oxygens (including phenoxy) is 2. The Bertz CT molecular complexity index is 802. The Morgan fingerprint density at radius 3 is 2.19 bits per heavy atom. The van der Waals surface area contributed by atoms with Gasteiger partial charge >= 0.3 is 6.18 Å². The Labute approximate surface area is 159 Å². The molecule has 27 heavy (non-hydrogen) atoms. The fourth-order valence-corrected chi connectivity index (χ4v) is 4.18. The lowest BCUT2D eigenvalue weighted by Gasteiger charge is -2.26. The number of alkyl halides is 3. The number of thioether (sulfide) groups is 1. The fourth-order valence-electron chi connectivity index (χ4n) is 2.99. The van der Waals surface area contributed by atoms with Gasteiger partial charge in [0.25, 0.3) is 0 Å². The summed E-state index contributed by atoms with van der Waals surface area (Å²) >= 11 is 1.38. The minimum Gasteiger partial charge on any atom is -0.496 e. The number of carbonyl (C=O) groups is 1. The highest BCUT2D eigenvalue weighted by Crippen LogP contribution is 2.42. The van der Waals surface area contributed by atoms with E-state index in [9.17, 15) is 18.0 Å². The second kappa shape index (κ2) is 7.72. The summed E-state index contributed by atoms with van der Waals surface area (Å²) in [6.45, 7) is 0.241. The van der Waals surface area contributed by atoms with Crippen LogP contribution in [0, 0.1) is 0 Å². The minimum absolute atomic E-state index is 0.0853. The van der Waals surface area contributed by atoms with E-state index in [1.54, 1.807) is 23.1 Å². The number of halogens is 3. The van der Waals surface area contributed by atoms with Crippen molar-refractivity contribution in [3.63, 3.8) is 0 Å². The van der Waals surface area contributed by atoms with Crippen molar-refractivity contribution in [2.24, 2.45) is 0 Å². The van der Waals surface area contributed by atoms with Crippen LogP contribution >= 0.6 is 11.8 Å². The number of amides is 1. The number of carbonyl (C=O) groups excluding carboxylic acids is 1. The Hall–Kier alpha value is -2.35. The highest BCUT2D eigenvalue weighted by Gasteiger charge is 2.35. The van der Waals surface area contributed by atoms with Gasteiger partial charge in [0, 0.05) is 0 Å². The quantitative estimate of drug-likeness (QED) is 0.745. The van der Waals surface area contributed by atoms with Crippen molar-refractivity contribution in [1.29, 1.82) is 0 Å². The molecule has 0 bridgehead atoms. The molecule has 1 aliphatic rings. The van der Waals surface area contributed by atoms with E-state index in [2.05, 4.69) is 0 Å². The van der Waals surface area contributed by atoms with Gasteiger partial charge < -0.3 is 14.4 Å². The Balaban J connectivity index is 1.90. The summed E-state index contributed by atoms with van der Waals surface area (Å²) in [6.07, 6.45) is -4.39. The lowest BCUT2D eigenvalue weighted by molar-refractivity contribution is -0.137. The van der Waals surface area contributed by atoms with Gasteiger partial charge in [-0.3, -0.25) is 4.79 Å². The molecule has 1 amide bonds. The third-order valence-corrected chi connectivity index (χ3v) is 5.61. The van der Waals surface area contributed by atoms with Crippen molar-refractivity contribution in [2.75, 3.05) is 20.0 Å². The van der Waals surface area contributed by atoms with Gasteiger partial charge in [0.2, 0.25) is 5.91 Å². The number of hydrogen-bond donors (Lipinski definition) is 0. The largest absolute Gasteiger partial charge is 0.496 e. The van der Waals surface area contributed by atoms with Crippen LogP contribution in [0.2, 0.25) is 0 Å². The second-order valence-electron chi connectivity index (χ2n) is 5.95. The molecule has 3 rings (SSSR count). The number of benzene rings is 2. The molecule has 2 aromatic carbocycles. The highest BCUT2D eigenvalue weighted by molar-refractivity contribution is 8.00. The van der Waals surface area contributed by atoms with Crippen LogP contribution < -0.4 is 9.47 Å². The maximum atomic E-state index is 12.8. The fraction of sp³-hybridized carbons (Fsp3) is 0.316. The molecule has 1 heterocycles. The van der Waals surface area contributed by atoms with E-state index in [4.69, 9.17) is 9.47 Å². The van der Waals surface area contributed by atoms with E-state index in [0.717, 1.165) is 17.7 Å². The third kappa shape index (κ3) is 4.00. The van der Waals surface area contributed by atoms with Gasteiger partial charge in [-0.25, -0.2) is 0 Å². The van der Waals surface area contributed by atoms with Gasteiger partial charge in [-0.05, 0) is 29.8 Å². The van der Waals surface area contributed by atoms with Crippen LogP contribution in [-0.4, -0.2) is 30.8 Å². The van der Waals surface area contributed by atoms with E-state index >= 15 is 0 Å². The maximum Gasteiger partial charge on any atom is 0.416 e. The van der Waals surface area contributed by atoms with Crippen molar-refractivity contribution >= 4 is 17.7 Å². The second-order valence-corrected chi connectivity index (χ2v) is 7.01. The summed E-state index contributed by atoms with van der Waals surface area (Å²) in [6, 6.07) is 10.3. The third-order valence-electron chi connectivity index (χ3n) is 4.35. The van der Waals surface area contributed by atoms with Crippen molar-refractivity contribution in [3.8, 4) is 11.5 Å². The van der Waals surface area contributed by atoms with Crippen LogP contribution in [0.4, 0.5) is 13.2 Å². The Kier molecular flexibility index (Phi) is 5.55. The number of methoxy groups -OCH3 is 2. The summed E-state index contributed by atoms with van der Waals surface area (Å²) in [5, 5.41) is -0.366. The standard InChI is InChI=1S/C19H18F3NO3S/c1-25-15-4-3-5-16(26-2)14(15)10-23-17(24)11-27-18(23)12-6-8-13(9-7-12)19(20,21)22/h3-9,18H,10-11H2,1-2H3. The van der Waals surface area contributed by atoms with E-state index in [0.29, 0.717) is 17.1 Å². The maximum absolute atomic E-state index is 12.8. The number of rotatable bonds is 5. The molecule has 2 aromatic rings. The topological polar surface area (TPSA) is 38.8 Å². The Morgan fingerprint density at radius 2 is 1.67 bits per heavy atom. The lowest BCUT2D eigenvalue weighted by Crippen LogP contribution is -2.28. The van der Waals surface area contributed by atoms with Crippen molar-refractivity contribution in [1.82, 2.24) is 4.90 Å². The van der Waals surface area contributed by atoms with Gasteiger partial charge in [0.1, 0.15) is 16.9 Å². The first-order chi connectivity index (χ1) is 12.8. The van der Waals surface area contributed by atoms with Gasteiger partial charge in [-0.15, -0.1) is 11.8 Å². The number of hydrogen-bond acceptors (Lipinski definition) is 4. The van der Waals surface area contributed by atoms with E-state index in [1.807, 2.05) is 0 Å². The van der Waals surface area contributed by atoms with Gasteiger partial charge in [-0.2, -0.15) is 13.2 Å². The molecule has 1 atom stereocenters. The molecule has 144 valence electrons. The van der Waals surface area contributed by atoms with Crippen molar-refractivity contribution in [2.45, 2.75) is 18.1 Å². The molecule has 1 saturated heterocycles. The highest BCUT2D eigenvalue weighted by atomic mass is 32.2. The summed E-state index contributed by atoms with van der Waals surface area (Å²) in [5.41, 5.74) is 0.654. The molecule has 0 N–H and O–H groups in total. The van der Waals surface area contributed by atoms with Gasteiger partial charge in [-0.1, -0.05) is 18.2 Å². The number of nitrogens with zero attached hydrogens (tertiary/aromatic N) is 1. The average Bonchev–Trinajstić information content (AvgIpc) is 3.02. The van der Waals surface area contributed by atoms with Crippen molar-refractivity contribution in [3.05, 3.63) is 59.2 Å². The molecule has 1 fully saturated rings. The van der Waals surface area contributed by atoms with Crippen LogP contribution in [-0.2, 0) is 17.5 Å². The van der Waals surface area contributed by atoms with E-state index in [-0.39, 0.29) is 23.6 Å². The lowest BCUT2D eigenvalue weighted by atomic mass is 10.1. The first-order valence-electron chi connectivity index (χ1n) is 8.13. The first-order valence-corrected chi connectivity index (χ1v) is 9.18. The van der Waals surface area contributed by atoms with Crippen LogP contribution in [0.1, 0.15) is 22.1 Å². The predicted octanol–water partition coefficient (Wildman–Crippen LogP) is 4.50. The van der Waals surface area contributed by atoms with Crippen LogP contribution in [0.25, 0.3) is 0 Å². The summed E-state index contributed by atoms with van der Waals surface area (Å²) in [4.78, 5) is 14.1. The molecule has 0 aliphatic carbocycles. The molecule has 8 heteroatoms. The van der Waals surface area contributed by atoms with Gasteiger partial charge in [0.05, 0.1) is 37.6 Å². The molecular weight excluding hydrogens is 379 g/mol. The SMILES string of the molecule is COc1cccc(OC)c1CN1C(=O)CSC1c1ccc(C(F)(F)F)cc1. The molecule has 1 unspecified atom stereocenters. The zero-order valence-corrected chi connectivity index (χ0v) is 15.6. The summed E-state index contributed by atoms with van der Waals surface area (Å²) < 4.78 is 49.1. The zero-order chi connectivity index (χ0) is 19.6. The van der Waals surface area contributed by atoms with Crippen molar-refractivity contribution < 1.29 is 27.4 Å². The molecule has 0 aromatic heterocycles. The molecular formula is C19H18F3NO3S. The normalized spacial score (nSPS) is 17.3. The first kappa shape index (κ1) is 19.4. The van der Waals surface area contributed by atoms with Gasteiger partial charge in [0.15, 0.2) is 0 Å². The molecule has 4 nitrogen and oxygen atoms in total. The summed E-state index contributed by atoms with van der Waals surface area (Å²) in [7, 11) is 3.07. The monoisotopic (exact) mass is 397 g/mol. The van der Waals surface area contributed by atoms with E-state index < -0.39 is 11.7 Å². The molecule has 1 aliphatic heterocycles. The average molecular weight is 397 g/mol. The van der Waals surface area contributed by atoms with Crippen LogP contribution in [0.15, 0.2) is 42.5 Å². The molecule has 0 radical (unpaired) electrons. The van der Waals surface area contributed by atoms with E-state index in [1.165, 1.54) is 38.1 Å².